The van der Waals surface area contributed by atoms with Crippen LogP contribution in [0.1, 0.15) is 35.3 Å². The van der Waals surface area contributed by atoms with E-state index in [9.17, 15) is 9.59 Å². The normalized spacial score (nSPS) is 11.1. The molecule has 1 N–H and O–H groups in total. The minimum Gasteiger partial charge on any atom is -0.459 e. The lowest BCUT2D eigenvalue weighted by molar-refractivity contribution is -0.153. The van der Waals surface area contributed by atoms with Crippen LogP contribution in [0.25, 0.3) is 0 Å². The predicted molar refractivity (Wildman–Crippen MR) is 67.2 cm³/mol. The third kappa shape index (κ3) is 4.99. The molecule has 0 aliphatic heterocycles. The molecule has 1 rings (SSSR count). The van der Waals surface area contributed by atoms with Crippen molar-refractivity contribution in [1.29, 1.82) is 0 Å². The highest BCUT2D eigenvalue weighted by Gasteiger charge is 2.17. The first kappa shape index (κ1) is 13.7. The summed E-state index contributed by atoms with van der Waals surface area (Å²) >= 11 is 1.40. The van der Waals surface area contributed by atoms with Gasteiger partial charge in [0.15, 0.2) is 0 Å². The Balaban J connectivity index is 2.41. The molecule has 1 aromatic rings. The molecule has 5 heteroatoms. The number of hydrogen-bond acceptors (Lipinski definition) is 4. The molecule has 0 atom stereocenters. The Labute approximate surface area is 105 Å². The third-order valence-corrected chi connectivity index (χ3v) is 2.78. The standard InChI is InChI=1S/C12H17NO3S/c1-8-5-6-9(17-8)11(15)13-7-10(14)16-12(2,3)4/h5-6H,7H2,1-4H3,(H,13,15). The van der Waals surface area contributed by atoms with Crippen molar-refractivity contribution in [2.75, 3.05) is 6.54 Å². The Morgan fingerprint density at radius 1 is 1.35 bits per heavy atom. The topological polar surface area (TPSA) is 55.4 Å². The molecule has 0 aliphatic carbocycles. The van der Waals surface area contributed by atoms with Gasteiger partial charge in [0.2, 0.25) is 0 Å². The number of carbonyl (C=O) groups excluding carboxylic acids is 2. The van der Waals surface area contributed by atoms with E-state index in [-0.39, 0.29) is 12.5 Å². The van der Waals surface area contributed by atoms with Crippen LogP contribution in [0, 0.1) is 6.92 Å². The van der Waals surface area contributed by atoms with E-state index in [4.69, 9.17) is 4.74 Å². The second-order valence-electron chi connectivity index (χ2n) is 4.68. The van der Waals surface area contributed by atoms with Gasteiger partial charge in [-0.05, 0) is 39.8 Å². The van der Waals surface area contributed by atoms with Gasteiger partial charge in [-0.3, -0.25) is 9.59 Å². The fourth-order valence-corrected chi connectivity index (χ4v) is 1.96. The minimum absolute atomic E-state index is 0.104. The maximum absolute atomic E-state index is 11.6. The number of rotatable bonds is 3. The zero-order valence-corrected chi connectivity index (χ0v) is 11.3. The van der Waals surface area contributed by atoms with Crippen LogP contribution in [-0.4, -0.2) is 24.0 Å². The number of nitrogens with one attached hydrogen (secondary N) is 1. The Morgan fingerprint density at radius 2 is 2.00 bits per heavy atom. The van der Waals surface area contributed by atoms with Gasteiger partial charge in [-0.25, -0.2) is 0 Å². The zero-order valence-electron chi connectivity index (χ0n) is 10.5. The van der Waals surface area contributed by atoms with Gasteiger partial charge >= 0.3 is 5.97 Å². The van der Waals surface area contributed by atoms with Crippen molar-refractivity contribution >= 4 is 23.2 Å². The van der Waals surface area contributed by atoms with Crippen LogP contribution in [-0.2, 0) is 9.53 Å². The number of hydrogen-bond donors (Lipinski definition) is 1. The predicted octanol–water partition coefficient (Wildman–Crippen LogP) is 2.13. The molecular weight excluding hydrogens is 238 g/mol. The molecule has 4 nitrogen and oxygen atoms in total. The second kappa shape index (κ2) is 5.31. The second-order valence-corrected chi connectivity index (χ2v) is 5.97. The molecule has 0 saturated carbocycles. The van der Waals surface area contributed by atoms with E-state index in [1.54, 1.807) is 26.8 Å². The molecule has 94 valence electrons. The summed E-state index contributed by atoms with van der Waals surface area (Å²) in [6.45, 7) is 7.18. The molecule has 0 aromatic carbocycles. The summed E-state index contributed by atoms with van der Waals surface area (Å²) < 4.78 is 5.08. The number of aryl methyl sites for hydroxylation is 1. The lowest BCUT2D eigenvalue weighted by atomic mass is 10.2. The average Bonchev–Trinajstić information content (AvgIpc) is 2.58. The van der Waals surface area contributed by atoms with Crippen molar-refractivity contribution in [3.8, 4) is 0 Å². The van der Waals surface area contributed by atoms with Crippen LogP contribution in [0.15, 0.2) is 12.1 Å². The zero-order chi connectivity index (χ0) is 13.1. The van der Waals surface area contributed by atoms with Gasteiger partial charge in [0.1, 0.15) is 12.1 Å². The average molecular weight is 255 g/mol. The van der Waals surface area contributed by atoms with Gasteiger partial charge in [-0.1, -0.05) is 0 Å². The maximum atomic E-state index is 11.6. The van der Waals surface area contributed by atoms with Crippen LogP contribution in [0.2, 0.25) is 0 Å². The number of thiophene rings is 1. The molecule has 1 amide bonds. The van der Waals surface area contributed by atoms with Crippen LogP contribution in [0.5, 0.6) is 0 Å². The Morgan fingerprint density at radius 3 is 2.47 bits per heavy atom. The van der Waals surface area contributed by atoms with Crippen LogP contribution >= 0.6 is 11.3 Å². The number of carbonyl (C=O) groups is 2. The lowest BCUT2D eigenvalue weighted by Gasteiger charge is -2.19. The summed E-state index contributed by atoms with van der Waals surface area (Å²) in [5.41, 5.74) is -0.526. The van der Waals surface area contributed by atoms with E-state index >= 15 is 0 Å². The fourth-order valence-electron chi connectivity index (χ4n) is 1.17. The Hall–Kier alpha value is -1.36. The molecule has 0 fully saturated rings. The molecule has 0 radical (unpaired) electrons. The minimum atomic E-state index is -0.526. The third-order valence-electron chi connectivity index (χ3n) is 1.78. The molecule has 0 unspecified atom stereocenters. The smallest absolute Gasteiger partial charge is 0.325 e. The maximum Gasteiger partial charge on any atom is 0.325 e. The van der Waals surface area contributed by atoms with Gasteiger partial charge in [-0.2, -0.15) is 0 Å². The van der Waals surface area contributed by atoms with E-state index in [0.717, 1.165) is 4.88 Å². The van der Waals surface area contributed by atoms with Crippen molar-refractivity contribution < 1.29 is 14.3 Å². The van der Waals surface area contributed by atoms with E-state index in [1.807, 2.05) is 13.0 Å². The van der Waals surface area contributed by atoms with E-state index in [1.165, 1.54) is 11.3 Å². The molecule has 1 heterocycles. The highest BCUT2D eigenvalue weighted by molar-refractivity contribution is 7.13. The van der Waals surface area contributed by atoms with Crippen LogP contribution in [0.4, 0.5) is 0 Å². The first-order chi connectivity index (χ1) is 7.78. The first-order valence-corrected chi connectivity index (χ1v) is 6.16. The van der Waals surface area contributed by atoms with Gasteiger partial charge < -0.3 is 10.1 Å². The highest BCUT2D eigenvalue weighted by atomic mass is 32.1. The summed E-state index contributed by atoms with van der Waals surface area (Å²) in [4.78, 5) is 24.7. The van der Waals surface area contributed by atoms with E-state index < -0.39 is 11.6 Å². The molecule has 0 aliphatic rings. The molecule has 1 aromatic heterocycles. The Kier molecular flexibility index (Phi) is 4.28. The molecule has 0 bridgehead atoms. The van der Waals surface area contributed by atoms with Crippen molar-refractivity contribution in [1.82, 2.24) is 5.32 Å². The fraction of sp³-hybridized carbons (Fsp3) is 0.500. The van der Waals surface area contributed by atoms with Gasteiger partial charge in [0, 0.05) is 4.88 Å². The van der Waals surface area contributed by atoms with Gasteiger partial charge in [-0.15, -0.1) is 11.3 Å². The molecule has 17 heavy (non-hydrogen) atoms. The monoisotopic (exact) mass is 255 g/mol. The van der Waals surface area contributed by atoms with Crippen molar-refractivity contribution in [2.24, 2.45) is 0 Å². The van der Waals surface area contributed by atoms with Crippen molar-refractivity contribution in [3.05, 3.63) is 21.9 Å². The van der Waals surface area contributed by atoms with Crippen molar-refractivity contribution in [2.45, 2.75) is 33.3 Å². The quantitative estimate of drug-likeness (QED) is 0.842. The van der Waals surface area contributed by atoms with E-state index in [0.29, 0.717) is 4.88 Å². The number of esters is 1. The van der Waals surface area contributed by atoms with Gasteiger partial charge in [0.25, 0.3) is 5.91 Å². The SMILES string of the molecule is Cc1ccc(C(=O)NCC(=O)OC(C)(C)C)s1. The molecule has 0 saturated heterocycles. The molecular formula is C12H17NO3S. The van der Waals surface area contributed by atoms with E-state index in [2.05, 4.69) is 5.32 Å². The Bertz CT molecular complexity index is 418. The summed E-state index contributed by atoms with van der Waals surface area (Å²) in [5, 5.41) is 2.53. The summed E-state index contributed by atoms with van der Waals surface area (Å²) in [5.74, 6) is -0.673. The number of ether oxygens (including phenoxy) is 1. The summed E-state index contributed by atoms with van der Waals surface area (Å²) in [6, 6.07) is 3.61. The number of amides is 1. The summed E-state index contributed by atoms with van der Waals surface area (Å²) in [7, 11) is 0. The first-order valence-electron chi connectivity index (χ1n) is 5.34. The lowest BCUT2D eigenvalue weighted by Crippen LogP contribution is -2.34. The van der Waals surface area contributed by atoms with Crippen molar-refractivity contribution in [3.63, 3.8) is 0 Å². The van der Waals surface area contributed by atoms with Gasteiger partial charge in [0.05, 0.1) is 4.88 Å². The van der Waals surface area contributed by atoms with Crippen LogP contribution < -0.4 is 5.32 Å². The molecule has 0 spiro atoms. The largest absolute Gasteiger partial charge is 0.459 e. The summed E-state index contributed by atoms with van der Waals surface area (Å²) in [6.07, 6.45) is 0. The van der Waals surface area contributed by atoms with Crippen LogP contribution in [0.3, 0.4) is 0 Å². The highest BCUT2D eigenvalue weighted by Crippen LogP contribution is 2.14.